The molecule has 3 heteroatoms. The first-order chi connectivity index (χ1) is 7.63. The van der Waals surface area contributed by atoms with Crippen molar-refractivity contribution in [3.8, 4) is 0 Å². The van der Waals surface area contributed by atoms with E-state index in [1.54, 1.807) is 0 Å². The van der Waals surface area contributed by atoms with Crippen LogP contribution < -0.4 is 0 Å². The van der Waals surface area contributed by atoms with Gasteiger partial charge in [-0.3, -0.25) is 0 Å². The van der Waals surface area contributed by atoms with Gasteiger partial charge in [-0.2, -0.15) is 0 Å². The van der Waals surface area contributed by atoms with E-state index in [1.165, 1.54) is 5.56 Å². The molecule has 86 valence electrons. The van der Waals surface area contributed by atoms with Crippen LogP contribution in [0.2, 0.25) is 0 Å². The maximum atomic E-state index is 4.42. The van der Waals surface area contributed by atoms with Gasteiger partial charge in [-0.25, -0.2) is 9.97 Å². The van der Waals surface area contributed by atoms with Crippen molar-refractivity contribution in [3.63, 3.8) is 0 Å². The SMILES string of the molecule is CCC(C)c1cnc2ncn(C(C)C)c2c1. The topological polar surface area (TPSA) is 30.7 Å². The van der Waals surface area contributed by atoms with Crippen LogP contribution in [0, 0.1) is 0 Å². The molecule has 0 fully saturated rings. The summed E-state index contributed by atoms with van der Waals surface area (Å²) in [7, 11) is 0. The fraction of sp³-hybridized carbons (Fsp3) is 0.538. The third-order valence-corrected chi connectivity index (χ3v) is 3.19. The highest BCUT2D eigenvalue weighted by Gasteiger charge is 2.10. The van der Waals surface area contributed by atoms with E-state index >= 15 is 0 Å². The number of fused-ring (bicyclic) bond motifs is 1. The second-order valence-corrected chi connectivity index (χ2v) is 4.67. The van der Waals surface area contributed by atoms with Gasteiger partial charge < -0.3 is 4.57 Å². The van der Waals surface area contributed by atoms with Crippen LogP contribution in [0.5, 0.6) is 0 Å². The van der Waals surface area contributed by atoms with E-state index in [2.05, 4.69) is 48.3 Å². The molecule has 0 aliphatic heterocycles. The van der Waals surface area contributed by atoms with Crippen LogP contribution >= 0.6 is 0 Å². The van der Waals surface area contributed by atoms with Gasteiger partial charge in [-0.05, 0) is 37.8 Å². The highest BCUT2D eigenvalue weighted by Crippen LogP contribution is 2.23. The second kappa shape index (κ2) is 4.24. The molecule has 1 unspecified atom stereocenters. The van der Waals surface area contributed by atoms with Gasteiger partial charge >= 0.3 is 0 Å². The summed E-state index contributed by atoms with van der Waals surface area (Å²) in [5, 5.41) is 0. The number of rotatable bonds is 3. The summed E-state index contributed by atoms with van der Waals surface area (Å²) in [6.07, 6.45) is 4.97. The number of nitrogens with zero attached hydrogens (tertiary/aromatic N) is 3. The zero-order chi connectivity index (χ0) is 11.7. The molecular weight excluding hydrogens is 198 g/mol. The maximum absolute atomic E-state index is 4.42. The zero-order valence-corrected chi connectivity index (χ0v) is 10.4. The van der Waals surface area contributed by atoms with Crippen molar-refractivity contribution in [2.24, 2.45) is 0 Å². The summed E-state index contributed by atoms with van der Waals surface area (Å²) in [6, 6.07) is 2.66. The van der Waals surface area contributed by atoms with Gasteiger partial charge in [-0.15, -0.1) is 0 Å². The molecule has 0 aliphatic carbocycles. The minimum Gasteiger partial charge on any atom is -0.327 e. The number of hydrogen-bond donors (Lipinski definition) is 0. The minimum absolute atomic E-state index is 0.430. The number of imidazole rings is 1. The third kappa shape index (κ3) is 1.82. The molecular formula is C13H19N3. The Bertz CT molecular complexity index is 485. The molecule has 2 aromatic heterocycles. The van der Waals surface area contributed by atoms with Crippen LogP contribution in [0.15, 0.2) is 18.6 Å². The Balaban J connectivity index is 2.54. The van der Waals surface area contributed by atoms with Crippen molar-refractivity contribution in [1.29, 1.82) is 0 Å². The zero-order valence-electron chi connectivity index (χ0n) is 10.4. The average Bonchev–Trinajstić information content (AvgIpc) is 2.70. The summed E-state index contributed by atoms with van der Waals surface area (Å²) in [6.45, 7) is 8.77. The van der Waals surface area contributed by atoms with E-state index in [0.29, 0.717) is 12.0 Å². The van der Waals surface area contributed by atoms with Crippen LogP contribution in [0.25, 0.3) is 11.2 Å². The quantitative estimate of drug-likeness (QED) is 0.787. The Morgan fingerprint density at radius 2 is 2.00 bits per heavy atom. The van der Waals surface area contributed by atoms with Gasteiger partial charge in [0.15, 0.2) is 5.65 Å². The molecule has 2 aromatic rings. The van der Waals surface area contributed by atoms with E-state index in [4.69, 9.17) is 0 Å². The van der Waals surface area contributed by atoms with Crippen LogP contribution in [0.3, 0.4) is 0 Å². The van der Waals surface area contributed by atoms with Crippen molar-refractivity contribution in [2.45, 2.75) is 46.1 Å². The van der Waals surface area contributed by atoms with Crippen molar-refractivity contribution >= 4 is 11.2 Å². The largest absolute Gasteiger partial charge is 0.327 e. The van der Waals surface area contributed by atoms with Crippen LogP contribution in [0.1, 0.15) is 51.6 Å². The summed E-state index contributed by atoms with van der Waals surface area (Å²) >= 11 is 0. The Morgan fingerprint density at radius 1 is 1.25 bits per heavy atom. The minimum atomic E-state index is 0.430. The normalized spacial score (nSPS) is 13.6. The number of hydrogen-bond acceptors (Lipinski definition) is 2. The van der Waals surface area contributed by atoms with E-state index in [9.17, 15) is 0 Å². The lowest BCUT2D eigenvalue weighted by atomic mass is 10.0. The van der Waals surface area contributed by atoms with Crippen molar-refractivity contribution in [1.82, 2.24) is 14.5 Å². The fourth-order valence-electron chi connectivity index (χ4n) is 1.85. The summed E-state index contributed by atoms with van der Waals surface area (Å²) < 4.78 is 2.17. The van der Waals surface area contributed by atoms with E-state index in [-0.39, 0.29) is 0 Å². The van der Waals surface area contributed by atoms with Gasteiger partial charge in [0.2, 0.25) is 0 Å². The van der Waals surface area contributed by atoms with Crippen LogP contribution in [0.4, 0.5) is 0 Å². The van der Waals surface area contributed by atoms with Crippen LogP contribution in [-0.2, 0) is 0 Å². The molecule has 3 nitrogen and oxygen atoms in total. The van der Waals surface area contributed by atoms with Crippen molar-refractivity contribution < 1.29 is 0 Å². The molecule has 2 rings (SSSR count). The maximum Gasteiger partial charge on any atom is 0.177 e. The summed E-state index contributed by atoms with van der Waals surface area (Å²) in [4.78, 5) is 8.74. The predicted octanol–water partition coefficient (Wildman–Crippen LogP) is 3.53. The van der Waals surface area contributed by atoms with Gasteiger partial charge in [-0.1, -0.05) is 13.8 Å². The Kier molecular flexibility index (Phi) is 2.95. The average molecular weight is 217 g/mol. The lowest BCUT2D eigenvalue weighted by Crippen LogP contribution is -2.00. The molecule has 1 atom stereocenters. The summed E-state index contributed by atoms with van der Waals surface area (Å²) in [5.74, 6) is 0.562. The molecule has 0 bridgehead atoms. The standard InChI is InChI=1S/C13H19N3/c1-5-10(4)11-6-12-13(14-7-11)15-8-16(12)9(2)3/h6-10H,5H2,1-4H3. The first-order valence-electron chi connectivity index (χ1n) is 5.96. The molecule has 0 saturated heterocycles. The summed E-state index contributed by atoms with van der Waals surface area (Å²) in [5.41, 5.74) is 3.30. The predicted molar refractivity (Wildman–Crippen MR) is 66.6 cm³/mol. The Hall–Kier alpha value is -1.38. The third-order valence-electron chi connectivity index (χ3n) is 3.19. The first-order valence-corrected chi connectivity index (χ1v) is 5.96. The molecule has 0 N–H and O–H groups in total. The molecule has 0 radical (unpaired) electrons. The van der Waals surface area contributed by atoms with Gasteiger partial charge in [0.25, 0.3) is 0 Å². The van der Waals surface area contributed by atoms with E-state index in [1.807, 2.05) is 12.5 Å². The second-order valence-electron chi connectivity index (χ2n) is 4.67. The highest BCUT2D eigenvalue weighted by atomic mass is 15.1. The van der Waals surface area contributed by atoms with Crippen molar-refractivity contribution in [2.75, 3.05) is 0 Å². The lowest BCUT2D eigenvalue weighted by Gasteiger charge is -2.11. The molecule has 0 aliphatic rings. The molecule has 0 aromatic carbocycles. The molecule has 0 spiro atoms. The van der Waals surface area contributed by atoms with Gasteiger partial charge in [0.1, 0.15) is 0 Å². The smallest absolute Gasteiger partial charge is 0.177 e. The Morgan fingerprint density at radius 3 is 2.62 bits per heavy atom. The fourth-order valence-corrected chi connectivity index (χ4v) is 1.85. The van der Waals surface area contributed by atoms with Crippen molar-refractivity contribution in [3.05, 3.63) is 24.2 Å². The first kappa shape index (κ1) is 11.1. The monoisotopic (exact) mass is 217 g/mol. The van der Waals surface area contributed by atoms with Crippen LogP contribution in [-0.4, -0.2) is 14.5 Å². The van der Waals surface area contributed by atoms with Gasteiger partial charge in [0, 0.05) is 12.2 Å². The molecule has 0 saturated carbocycles. The number of aromatic nitrogens is 3. The molecule has 0 amide bonds. The molecule has 16 heavy (non-hydrogen) atoms. The lowest BCUT2D eigenvalue weighted by molar-refractivity contribution is 0.617. The highest BCUT2D eigenvalue weighted by molar-refractivity contribution is 5.71. The Labute approximate surface area is 96.5 Å². The van der Waals surface area contributed by atoms with Gasteiger partial charge in [0.05, 0.1) is 11.8 Å². The number of pyridine rings is 1. The van der Waals surface area contributed by atoms with E-state index in [0.717, 1.165) is 17.6 Å². The van der Waals surface area contributed by atoms with E-state index < -0.39 is 0 Å². The molecule has 2 heterocycles.